The molecule has 0 saturated heterocycles. The number of alkyl halides is 1. The predicted octanol–water partition coefficient (Wildman–Crippen LogP) is 4.60. The minimum atomic E-state index is -0.462. The van der Waals surface area contributed by atoms with Crippen molar-refractivity contribution < 1.29 is 9.31 Å². The number of halogens is 1. The highest BCUT2D eigenvalue weighted by molar-refractivity contribution is 5.69. The molecule has 2 aromatic rings. The number of benzene rings is 1. The summed E-state index contributed by atoms with van der Waals surface area (Å²) in [7, 11) is 0. The van der Waals surface area contributed by atoms with Crippen LogP contribution in [0.25, 0.3) is 0 Å². The van der Waals surface area contributed by atoms with Crippen LogP contribution in [-0.4, -0.2) is 36.2 Å². The first-order valence-electron chi connectivity index (χ1n) is 9.01. The molecule has 0 fully saturated rings. The van der Waals surface area contributed by atoms with Crippen LogP contribution in [0.1, 0.15) is 20.8 Å². The van der Waals surface area contributed by atoms with Crippen LogP contribution in [0.5, 0.6) is 0 Å². The molecule has 2 N–H and O–H groups in total. The lowest BCUT2D eigenvalue weighted by Gasteiger charge is -2.21. The van der Waals surface area contributed by atoms with Gasteiger partial charge in [0.15, 0.2) is 0 Å². The van der Waals surface area contributed by atoms with Crippen molar-refractivity contribution in [1.29, 1.82) is 0 Å². The monoisotopic (exact) mass is 375 g/mol. The highest BCUT2D eigenvalue weighted by Gasteiger charge is 2.16. The quantitative estimate of drug-likeness (QED) is 0.466. The van der Waals surface area contributed by atoms with Crippen molar-refractivity contribution in [1.82, 2.24) is 4.98 Å². The number of nitrogens with one attached hydrogen (secondary N) is 2. The Kier molecular flexibility index (Phi) is 7.34. The second-order valence-corrected chi connectivity index (χ2v) is 6.54. The molecule has 7 nitrogen and oxygen atoms in total. The number of nitro groups is 1. The van der Waals surface area contributed by atoms with Gasteiger partial charge >= 0.3 is 5.69 Å². The first-order chi connectivity index (χ1) is 12.9. The maximum Gasteiger partial charge on any atom is 0.311 e. The summed E-state index contributed by atoms with van der Waals surface area (Å²) in [5.41, 5.74) is 1.48. The van der Waals surface area contributed by atoms with Crippen LogP contribution in [0, 0.1) is 16.0 Å². The summed E-state index contributed by atoms with van der Waals surface area (Å²) in [6.45, 7) is 7.45. The zero-order chi connectivity index (χ0) is 19.8. The molecule has 0 radical (unpaired) electrons. The Bertz CT molecular complexity index is 752. The molecule has 27 heavy (non-hydrogen) atoms. The van der Waals surface area contributed by atoms with E-state index in [9.17, 15) is 14.5 Å². The van der Waals surface area contributed by atoms with E-state index in [1.165, 1.54) is 6.07 Å². The van der Waals surface area contributed by atoms with Crippen LogP contribution >= 0.6 is 0 Å². The molecule has 1 aromatic heterocycles. The first kappa shape index (κ1) is 20.4. The molecule has 0 bridgehead atoms. The van der Waals surface area contributed by atoms with E-state index in [4.69, 9.17) is 0 Å². The zero-order valence-electron chi connectivity index (χ0n) is 15.9. The summed E-state index contributed by atoms with van der Waals surface area (Å²) in [5, 5.41) is 17.5. The number of pyridine rings is 1. The van der Waals surface area contributed by atoms with Gasteiger partial charge in [0.2, 0.25) is 5.82 Å². The number of rotatable bonds is 10. The number of aromatic nitrogens is 1. The molecule has 0 aliphatic rings. The van der Waals surface area contributed by atoms with Gasteiger partial charge < -0.3 is 15.5 Å². The number of hydrogen-bond acceptors (Lipinski definition) is 6. The fraction of sp³-hybridized carbons (Fsp3) is 0.421. The van der Waals surface area contributed by atoms with E-state index in [-0.39, 0.29) is 11.5 Å². The number of nitrogens with zero attached hydrogens (tertiary/aromatic N) is 3. The first-order valence-corrected chi connectivity index (χ1v) is 9.01. The Morgan fingerprint density at radius 3 is 2.48 bits per heavy atom. The lowest BCUT2D eigenvalue weighted by Crippen LogP contribution is -2.24. The average Bonchev–Trinajstić information content (AvgIpc) is 2.65. The Morgan fingerprint density at radius 2 is 1.93 bits per heavy atom. The molecular weight excluding hydrogens is 349 g/mol. The van der Waals surface area contributed by atoms with Crippen LogP contribution in [0.2, 0.25) is 0 Å². The Balaban J connectivity index is 2.21. The second-order valence-electron chi connectivity index (χ2n) is 6.54. The smallest absolute Gasteiger partial charge is 0.311 e. The van der Waals surface area contributed by atoms with Crippen molar-refractivity contribution in [2.24, 2.45) is 5.92 Å². The van der Waals surface area contributed by atoms with E-state index < -0.39 is 11.6 Å². The van der Waals surface area contributed by atoms with Gasteiger partial charge in [-0.15, -0.1) is 0 Å². The third-order valence-electron chi connectivity index (χ3n) is 3.99. The van der Waals surface area contributed by atoms with Crippen molar-refractivity contribution in [2.45, 2.75) is 20.8 Å². The molecule has 1 aromatic carbocycles. The van der Waals surface area contributed by atoms with Gasteiger partial charge in [-0.05, 0) is 43.2 Å². The standard InChI is InChI=1S/C19H26FN5O2/c1-4-24(12-11-20)16-7-5-15(6-8-16)22-19-17(25(26)27)9-10-18(23-19)21-13-14(2)3/h5-10,14H,4,11-13H2,1-3H3,(H2,21,22,23). The van der Waals surface area contributed by atoms with Crippen LogP contribution in [0.4, 0.5) is 33.1 Å². The highest BCUT2D eigenvalue weighted by Crippen LogP contribution is 2.28. The zero-order valence-corrected chi connectivity index (χ0v) is 15.9. The van der Waals surface area contributed by atoms with E-state index in [0.717, 1.165) is 12.2 Å². The highest BCUT2D eigenvalue weighted by atomic mass is 19.1. The lowest BCUT2D eigenvalue weighted by atomic mass is 10.2. The molecule has 0 spiro atoms. The van der Waals surface area contributed by atoms with Crippen LogP contribution in [0.3, 0.4) is 0 Å². The minimum absolute atomic E-state index is 0.0956. The summed E-state index contributed by atoms with van der Waals surface area (Å²) < 4.78 is 12.6. The Labute approximate surface area is 158 Å². The van der Waals surface area contributed by atoms with Gasteiger partial charge in [0.05, 0.1) is 4.92 Å². The van der Waals surface area contributed by atoms with E-state index >= 15 is 0 Å². The average molecular weight is 375 g/mol. The largest absolute Gasteiger partial charge is 0.370 e. The SMILES string of the molecule is CCN(CCF)c1ccc(Nc2nc(NCC(C)C)ccc2[N+](=O)[O-])cc1. The molecule has 0 amide bonds. The van der Waals surface area contributed by atoms with Gasteiger partial charge in [0.25, 0.3) is 0 Å². The fourth-order valence-electron chi connectivity index (χ4n) is 2.56. The summed E-state index contributed by atoms with van der Waals surface area (Å²) in [5.74, 6) is 1.18. The van der Waals surface area contributed by atoms with Gasteiger partial charge in [-0.2, -0.15) is 0 Å². The molecule has 0 aliphatic carbocycles. The maximum atomic E-state index is 12.6. The predicted molar refractivity (Wildman–Crippen MR) is 108 cm³/mol. The second kappa shape index (κ2) is 9.70. The molecule has 2 rings (SSSR count). The van der Waals surface area contributed by atoms with Crippen molar-refractivity contribution in [3.05, 3.63) is 46.5 Å². The van der Waals surface area contributed by atoms with Crippen molar-refractivity contribution in [3.63, 3.8) is 0 Å². The van der Waals surface area contributed by atoms with Crippen LogP contribution in [-0.2, 0) is 0 Å². The summed E-state index contributed by atoms with van der Waals surface area (Å²) in [6.07, 6.45) is 0. The molecule has 0 saturated carbocycles. The normalized spacial score (nSPS) is 10.7. The van der Waals surface area contributed by atoms with Crippen molar-refractivity contribution in [2.75, 3.05) is 41.8 Å². The molecule has 0 atom stereocenters. The topological polar surface area (TPSA) is 83.3 Å². The molecular formula is C19H26FN5O2. The van der Waals surface area contributed by atoms with E-state index in [0.29, 0.717) is 30.5 Å². The van der Waals surface area contributed by atoms with E-state index in [2.05, 4.69) is 29.5 Å². The molecule has 0 aliphatic heterocycles. The maximum absolute atomic E-state index is 12.6. The van der Waals surface area contributed by atoms with Crippen molar-refractivity contribution in [3.8, 4) is 0 Å². The number of hydrogen-bond donors (Lipinski definition) is 2. The van der Waals surface area contributed by atoms with E-state index in [1.807, 2.05) is 24.0 Å². The van der Waals surface area contributed by atoms with Gasteiger partial charge in [-0.3, -0.25) is 10.1 Å². The summed E-state index contributed by atoms with van der Waals surface area (Å²) >= 11 is 0. The fourth-order valence-corrected chi connectivity index (χ4v) is 2.56. The number of anilines is 4. The van der Waals surface area contributed by atoms with Crippen LogP contribution in [0.15, 0.2) is 36.4 Å². The molecule has 146 valence electrons. The van der Waals surface area contributed by atoms with Gasteiger partial charge in [-0.1, -0.05) is 13.8 Å². The van der Waals surface area contributed by atoms with Crippen molar-refractivity contribution >= 4 is 28.7 Å². The van der Waals surface area contributed by atoms with Gasteiger partial charge in [0.1, 0.15) is 12.5 Å². The third-order valence-corrected chi connectivity index (χ3v) is 3.99. The Hall–Kier alpha value is -2.90. The van der Waals surface area contributed by atoms with Gasteiger partial charge in [-0.25, -0.2) is 9.37 Å². The minimum Gasteiger partial charge on any atom is -0.370 e. The Morgan fingerprint density at radius 1 is 1.22 bits per heavy atom. The van der Waals surface area contributed by atoms with E-state index in [1.54, 1.807) is 18.2 Å². The summed E-state index contributed by atoms with van der Waals surface area (Å²) in [4.78, 5) is 17.1. The lowest BCUT2D eigenvalue weighted by molar-refractivity contribution is -0.384. The summed E-state index contributed by atoms with van der Waals surface area (Å²) in [6, 6.07) is 10.4. The molecule has 1 heterocycles. The third kappa shape index (κ3) is 5.80. The molecule has 8 heteroatoms. The van der Waals surface area contributed by atoms with Gasteiger partial charge in [0, 0.05) is 37.1 Å². The van der Waals surface area contributed by atoms with Crippen LogP contribution < -0.4 is 15.5 Å². The molecule has 0 unspecified atom stereocenters.